The van der Waals surface area contributed by atoms with Crippen molar-refractivity contribution in [2.24, 2.45) is 0 Å². The molecule has 0 bridgehead atoms. The van der Waals surface area contributed by atoms with Gasteiger partial charge in [-0.1, -0.05) is 49.5 Å². The van der Waals surface area contributed by atoms with Crippen molar-refractivity contribution in [2.75, 3.05) is 11.5 Å². The van der Waals surface area contributed by atoms with Gasteiger partial charge in [-0.25, -0.2) is 0 Å². The second-order valence-electron chi connectivity index (χ2n) is 4.68. The van der Waals surface area contributed by atoms with Crippen LogP contribution in [0.4, 0.5) is 11.4 Å². The molecule has 0 saturated carbocycles. The second kappa shape index (κ2) is 6.35. The number of benzene rings is 2. The van der Waals surface area contributed by atoms with Gasteiger partial charge in [0.2, 0.25) is 0 Å². The van der Waals surface area contributed by atoms with Gasteiger partial charge in [0.05, 0.1) is 0 Å². The Bertz CT molecular complexity index is 622. The average molecular weight is 282 g/mol. The van der Waals surface area contributed by atoms with E-state index in [1.807, 2.05) is 24.3 Å². The quantitative estimate of drug-likeness (QED) is 0.388. The van der Waals surface area contributed by atoms with Gasteiger partial charge in [-0.15, -0.1) is 0 Å². The molecule has 0 heterocycles. The van der Waals surface area contributed by atoms with Crippen LogP contribution < -0.4 is 11.5 Å². The van der Waals surface area contributed by atoms with Gasteiger partial charge in [0, 0.05) is 16.2 Å². The predicted molar refractivity (Wildman–Crippen MR) is 91.8 cm³/mol. The van der Waals surface area contributed by atoms with Gasteiger partial charge >= 0.3 is 0 Å². The summed E-state index contributed by atoms with van der Waals surface area (Å²) in [6.45, 7) is 2.14. The second-order valence-corrected chi connectivity index (χ2v) is 5.12. The molecule has 0 fully saturated rings. The normalized spacial score (nSPS) is 10.8. The molecule has 102 valence electrons. The first-order valence-electron chi connectivity index (χ1n) is 6.56. The number of hydrogen-bond acceptors (Lipinski definition) is 3. The molecule has 0 atom stereocenters. The SMILES string of the molecule is CCc1ccc(C(=S)C=Cc2cc(N)cc(N)c2)cc1. The molecule has 0 aromatic heterocycles. The summed E-state index contributed by atoms with van der Waals surface area (Å²) in [6.07, 6.45) is 4.87. The van der Waals surface area contributed by atoms with Gasteiger partial charge in [-0.3, -0.25) is 0 Å². The van der Waals surface area contributed by atoms with Gasteiger partial charge in [-0.05, 0) is 47.4 Å². The summed E-state index contributed by atoms with van der Waals surface area (Å²) >= 11 is 5.42. The third kappa shape index (κ3) is 3.68. The number of aryl methyl sites for hydroxylation is 1. The first-order chi connectivity index (χ1) is 9.58. The lowest BCUT2D eigenvalue weighted by Gasteiger charge is -2.02. The zero-order valence-corrected chi connectivity index (χ0v) is 12.3. The zero-order chi connectivity index (χ0) is 14.5. The van der Waals surface area contributed by atoms with E-state index in [-0.39, 0.29) is 0 Å². The van der Waals surface area contributed by atoms with E-state index in [2.05, 4.69) is 31.2 Å². The zero-order valence-electron chi connectivity index (χ0n) is 11.5. The van der Waals surface area contributed by atoms with Crippen LogP contribution >= 0.6 is 12.2 Å². The van der Waals surface area contributed by atoms with Crippen molar-refractivity contribution in [1.82, 2.24) is 0 Å². The molecule has 2 aromatic rings. The van der Waals surface area contributed by atoms with Crippen molar-refractivity contribution in [2.45, 2.75) is 13.3 Å². The number of hydrogen-bond donors (Lipinski definition) is 2. The van der Waals surface area contributed by atoms with Gasteiger partial charge in [0.15, 0.2) is 0 Å². The molecule has 3 heteroatoms. The van der Waals surface area contributed by atoms with Crippen molar-refractivity contribution in [3.63, 3.8) is 0 Å². The molecule has 2 rings (SSSR count). The summed E-state index contributed by atoms with van der Waals surface area (Å²) in [6, 6.07) is 13.8. The molecule has 0 amide bonds. The fourth-order valence-corrected chi connectivity index (χ4v) is 2.18. The lowest BCUT2D eigenvalue weighted by Crippen LogP contribution is -1.94. The number of anilines is 2. The highest BCUT2D eigenvalue weighted by atomic mass is 32.1. The largest absolute Gasteiger partial charge is 0.399 e. The number of nitrogens with two attached hydrogens (primary N) is 2. The Kier molecular flexibility index (Phi) is 4.53. The summed E-state index contributed by atoms with van der Waals surface area (Å²) in [7, 11) is 0. The van der Waals surface area contributed by atoms with Crippen LogP contribution in [-0.2, 0) is 6.42 Å². The maximum absolute atomic E-state index is 5.76. The van der Waals surface area contributed by atoms with Crippen molar-refractivity contribution >= 4 is 34.5 Å². The lowest BCUT2D eigenvalue weighted by molar-refractivity contribution is 1.14. The smallest absolute Gasteiger partial charge is 0.0449 e. The highest BCUT2D eigenvalue weighted by Crippen LogP contribution is 2.15. The third-order valence-corrected chi connectivity index (χ3v) is 3.45. The van der Waals surface area contributed by atoms with Crippen LogP contribution in [0.15, 0.2) is 48.5 Å². The molecule has 2 nitrogen and oxygen atoms in total. The highest BCUT2D eigenvalue weighted by molar-refractivity contribution is 7.81. The molecule has 4 N–H and O–H groups in total. The topological polar surface area (TPSA) is 52.0 Å². The molecule has 0 aliphatic carbocycles. The third-order valence-electron chi connectivity index (χ3n) is 3.07. The number of nitrogen functional groups attached to an aromatic ring is 2. The highest BCUT2D eigenvalue weighted by Gasteiger charge is 1.98. The van der Waals surface area contributed by atoms with E-state index in [4.69, 9.17) is 23.7 Å². The van der Waals surface area contributed by atoms with E-state index in [9.17, 15) is 0 Å². The van der Waals surface area contributed by atoms with Crippen LogP contribution in [0.3, 0.4) is 0 Å². The molecule has 0 unspecified atom stereocenters. The lowest BCUT2D eigenvalue weighted by atomic mass is 10.1. The molecule has 0 aliphatic heterocycles. The summed E-state index contributed by atoms with van der Waals surface area (Å²) in [5, 5.41) is 0. The van der Waals surface area contributed by atoms with E-state index in [1.54, 1.807) is 6.07 Å². The first-order valence-corrected chi connectivity index (χ1v) is 6.96. The molecule has 0 aliphatic rings. The van der Waals surface area contributed by atoms with Crippen LogP contribution in [0.5, 0.6) is 0 Å². The molecule has 0 spiro atoms. The minimum absolute atomic E-state index is 0.655. The van der Waals surface area contributed by atoms with Crippen LogP contribution in [0.1, 0.15) is 23.6 Å². The van der Waals surface area contributed by atoms with E-state index in [0.717, 1.165) is 22.4 Å². The van der Waals surface area contributed by atoms with E-state index in [1.165, 1.54) is 5.56 Å². The van der Waals surface area contributed by atoms with Gasteiger partial charge < -0.3 is 11.5 Å². The van der Waals surface area contributed by atoms with Gasteiger partial charge in [-0.2, -0.15) is 0 Å². The molecule has 0 saturated heterocycles. The predicted octanol–water partition coefficient (Wildman–Crippen LogP) is 3.84. The number of allylic oxidation sites excluding steroid dienone is 1. The van der Waals surface area contributed by atoms with E-state index >= 15 is 0 Å². The first kappa shape index (κ1) is 14.3. The van der Waals surface area contributed by atoms with Crippen LogP contribution in [0, 0.1) is 0 Å². The minimum Gasteiger partial charge on any atom is -0.399 e. The maximum Gasteiger partial charge on any atom is 0.0449 e. The monoisotopic (exact) mass is 282 g/mol. The average Bonchev–Trinajstić information content (AvgIpc) is 2.44. The summed E-state index contributed by atoms with van der Waals surface area (Å²) in [5.74, 6) is 0. The Morgan fingerprint density at radius 3 is 2.20 bits per heavy atom. The molecular formula is C17H18N2S. The Morgan fingerprint density at radius 1 is 1.05 bits per heavy atom. The van der Waals surface area contributed by atoms with Gasteiger partial charge in [0.1, 0.15) is 0 Å². The maximum atomic E-state index is 5.76. The Hall–Kier alpha value is -2.13. The molecule has 0 radical (unpaired) electrons. The summed E-state index contributed by atoms with van der Waals surface area (Å²) in [4.78, 5) is 0.800. The number of rotatable bonds is 4. The number of thiocarbonyl (C=S) groups is 1. The van der Waals surface area contributed by atoms with Crippen LogP contribution in [0.25, 0.3) is 6.08 Å². The fourth-order valence-electron chi connectivity index (χ4n) is 1.97. The van der Waals surface area contributed by atoms with Crippen molar-refractivity contribution in [1.29, 1.82) is 0 Å². The Morgan fingerprint density at radius 2 is 1.65 bits per heavy atom. The van der Waals surface area contributed by atoms with E-state index < -0.39 is 0 Å². The van der Waals surface area contributed by atoms with Crippen LogP contribution in [0.2, 0.25) is 0 Å². The minimum atomic E-state index is 0.655. The summed E-state index contributed by atoms with van der Waals surface area (Å²) in [5.41, 5.74) is 16.1. The standard InChI is InChI=1S/C17H18N2S/c1-2-12-3-6-14(7-4-12)17(20)8-5-13-9-15(18)11-16(19)10-13/h3-11H,2,18-19H2,1H3. The summed E-state index contributed by atoms with van der Waals surface area (Å²) < 4.78 is 0. The Balaban J connectivity index is 2.15. The Labute approximate surface area is 125 Å². The molecule has 2 aromatic carbocycles. The van der Waals surface area contributed by atoms with Crippen molar-refractivity contribution in [3.05, 3.63) is 65.2 Å². The molecular weight excluding hydrogens is 264 g/mol. The van der Waals surface area contributed by atoms with E-state index in [0.29, 0.717) is 11.4 Å². The van der Waals surface area contributed by atoms with Crippen LogP contribution in [-0.4, -0.2) is 4.86 Å². The van der Waals surface area contributed by atoms with Gasteiger partial charge in [0.25, 0.3) is 0 Å². The van der Waals surface area contributed by atoms with Crippen molar-refractivity contribution < 1.29 is 0 Å². The molecule has 20 heavy (non-hydrogen) atoms. The van der Waals surface area contributed by atoms with Crippen molar-refractivity contribution in [3.8, 4) is 0 Å². The fraction of sp³-hybridized carbons (Fsp3) is 0.118.